The van der Waals surface area contributed by atoms with E-state index >= 15 is 0 Å². The molecule has 1 fully saturated rings. The lowest BCUT2D eigenvalue weighted by molar-refractivity contribution is 0.198. The van der Waals surface area contributed by atoms with Crippen LogP contribution in [0, 0.1) is 20.8 Å². The van der Waals surface area contributed by atoms with Crippen LogP contribution in [-0.2, 0) is 13.1 Å². The zero-order valence-electron chi connectivity index (χ0n) is 17.8. The van der Waals surface area contributed by atoms with E-state index in [1.54, 1.807) is 11.3 Å². The third-order valence-corrected chi connectivity index (χ3v) is 6.54. The summed E-state index contributed by atoms with van der Waals surface area (Å²) in [4.78, 5) is 12.0. The number of hydrogen-bond acceptors (Lipinski definition) is 6. The molecule has 1 aliphatic rings. The number of aryl methyl sites for hydroxylation is 3. The van der Waals surface area contributed by atoms with Crippen molar-refractivity contribution in [1.82, 2.24) is 24.6 Å². The van der Waals surface area contributed by atoms with Crippen LogP contribution in [0.3, 0.4) is 0 Å². The second-order valence-corrected chi connectivity index (χ2v) is 8.84. The maximum absolute atomic E-state index is 4.88. The first-order valence-corrected chi connectivity index (χ1v) is 11.3. The monoisotopic (exact) mass is 410 g/mol. The molecule has 0 aromatic carbocycles. The summed E-state index contributed by atoms with van der Waals surface area (Å²) in [6.45, 7) is 12.5. The van der Waals surface area contributed by atoms with E-state index in [0.29, 0.717) is 5.92 Å². The van der Waals surface area contributed by atoms with Gasteiger partial charge in [-0.25, -0.2) is 4.98 Å². The molecule has 0 aliphatic carbocycles. The zero-order valence-corrected chi connectivity index (χ0v) is 18.6. The molecular formula is C22H30N6S. The highest BCUT2D eigenvalue weighted by Crippen LogP contribution is 2.30. The topological polar surface area (TPSA) is 58.9 Å². The summed E-state index contributed by atoms with van der Waals surface area (Å²) in [6, 6.07) is 4.31. The molecule has 0 saturated carbocycles. The van der Waals surface area contributed by atoms with Gasteiger partial charge in [-0.05, 0) is 59.2 Å². The number of aromatic nitrogens is 4. The first-order valence-electron chi connectivity index (χ1n) is 10.4. The molecular weight excluding hydrogens is 380 g/mol. The fraction of sp³-hybridized carbons (Fsp3) is 0.500. The number of thiazole rings is 1. The van der Waals surface area contributed by atoms with E-state index < -0.39 is 0 Å². The van der Waals surface area contributed by atoms with E-state index in [0.717, 1.165) is 48.4 Å². The first-order chi connectivity index (χ1) is 14.0. The van der Waals surface area contributed by atoms with Gasteiger partial charge >= 0.3 is 0 Å². The van der Waals surface area contributed by atoms with E-state index in [4.69, 9.17) is 4.98 Å². The average Bonchev–Trinajstić information content (AvgIpc) is 3.27. The van der Waals surface area contributed by atoms with Crippen molar-refractivity contribution in [3.63, 3.8) is 0 Å². The molecule has 0 unspecified atom stereocenters. The summed E-state index contributed by atoms with van der Waals surface area (Å²) in [5.74, 6) is 0.462. The van der Waals surface area contributed by atoms with Crippen molar-refractivity contribution in [2.24, 2.45) is 0 Å². The molecule has 1 aliphatic heterocycles. The Labute approximate surface area is 177 Å². The predicted octanol–water partition coefficient (Wildman–Crippen LogP) is 4.80. The fourth-order valence-corrected chi connectivity index (χ4v) is 4.86. The number of pyridine rings is 1. The second-order valence-electron chi connectivity index (χ2n) is 7.99. The van der Waals surface area contributed by atoms with Crippen LogP contribution in [-0.4, -0.2) is 37.7 Å². The van der Waals surface area contributed by atoms with Gasteiger partial charge in [0.2, 0.25) is 0 Å². The van der Waals surface area contributed by atoms with Gasteiger partial charge in [0.1, 0.15) is 0 Å². The molecule has 7 heteroatoms. The fourth-order valence-electron chi connectivity index (χ4n) is 4.15. The first kappa shape index (κ1) is 20.0. The Kier molecular flexibility index (Phi) is 5.96. The van der Waals surface area contributed by atoms with Crippen LogP contribution >= 0.6 is 11.3 Å². The Balaban J connectivity index is 1.48. The van der Waals surface area contributed by atoms with Gasteiger partial charge in [0.25, 0.3) is 0 Å². The van der Waals surface area contributed by atoms with Crippen molar-refractivity contribution in [1.29, 1.82) is 0 Å². The van der Waals surface area contributed by atoms with Crippen LogP contribution in [0.5, 0.6) is 0 Å². The number of likely N-dealkylation sites (tertiary alicyclic amines) is 1. The Morgan fingerprint density at radius 1 is 1.17 bits per heavy atom. The van der Waals surface area contributed by atoms with Gasteiger partial charge in [0.15, 0.2) is 5.13 Å². The van der Waals surface area contributed by atoms with Crippen LogP contribution in [0.1, 0.15) is 54.0 Å². The summed E-state index contributed by atoms with van der Waals surface area (Å²) in [7, 11) is 0. The maximum atomic E-state index is 4.88. The smallest absolute Gasteiger partial charge is 0.187 e. The number of nitrogens with zero attached hydrogens (tertiary/aromatic N) is 5. The lowest BCUT2D eigenvalue weighted by Gasteiger charge is -2.32. The van der Waals surface area contributed by atoms with Gasteiger partial charge in [-0.3, -0.25) is 14.6 Å². The molecule has 3 aromatic heterocycles. The summed E-state index contributed by atoms with van der Waals surface area (Å²) in [6.07, 6.45) is 4.43. The number of anilines is 2. The molecule has 0 amide bonds. The Hall–Kier alpha value is -2.25. The second kappa shape index (κ2) is 8.63. The summed E-state index contributed by atoms with van der Waals surface area (Å²) < 4.78 is 2.08. The quantitative estimate of drug-likeness (QED) is 0.632. The largest absolute Gasteiger partial charge is 0.331 e. The van der Waals surface area contributed by atoms with Crippen molar-refractivity contribution >= 4 is 22.2 Å². The van der Waals surface area contributed by atoms with Crippen LogP contribution in [0.15, 0.2) is 23.7 Å². The lowest BCUT2D eigenvalue weighted by Crippen LogP contribution is -2.34. The standard InChI is InChI=1S/C22H30N6S/c1-5-28-17(4)19(11-23-28)13-27-8-6-7-18(12-27)21-10-20(9-15(2)24-21)26-22-25-16(3)14-29-22/h9-11,14,18H,5-8,12-13H2,1-4H3,(H,24,25,26)/t18-/m1/s1. The highest BCUT2D eigenvalue weighted by Gasteiger charge is 2.24. The third kappa shape index (κ3) is 4.67. The molecule has 0 bridgehead atoms. The van der Waals surface area contributed by atoms with Crippen molar-refractivity contribution in [2.45, 2.75) is 59.5 Å². The highest BCUT2D eigenvalue weighted by atomic mass is 32.1. The minimum atomic E-state index is 0.462. The predicted molar refractivity (Wildman–Crippen MR) is 119 cm³/mol. The molecule has 4 rings (SSSR count). The van der Waals surface area contributed by atoms with E-state index in [-0.39, 0.29) is 0 Å². The van der Waals surface area contributed by atoms with Gasteiger partial charge in [-0.1, -0.05) is 0 Å². The van der Waals surface area contributed by atoms with E-state index in [1.807, 2.05) is 13.1 Å². The molecule has 4 heterocycles. The lowest BCUT2D eigenvalue weighted by atomic mass is 9.93. The SMILES string of the molecule is CCn1ncc(CN2CCC[C@@H](c3cc(Nc4nc(C)cs4)cc(C)n3)C2)c1C. The van der Waals surface area contributed by atoms with Crippen molar-refractivity contribution < 1.29 is 0 Å². The Bertz CT molecular complexity index is 976. The average molecular weight is 411 g/mol. The van der Waals surface area contributed by atoms with Crippen LogP contribution < -0.4 is 5.32 Å². The molecule has 3 aromatic rings. The number of rotatable bonds is 6. The molecule has 0 radical (unpaired) electrons. The molecule has 1 atom stereocenters. The van der Waals surface area contributed by atoms with E-state index in [1.165, 1.54) is 29.8 Å². The van der Waals surface area contributed by atoms with Crippen LogP contribution in [0.4, 0.5) is 10.8 Å². The van der Waals surface area contributed by atoms with Crippen LogP contribution in [0.2, 0.25) is 0 Å². The summed E-state index contributed by atoms with van der Waals surface area (Å²) in [5.41, 5.74) is 6.99. The molecule has 29 heavy (non-hydrogen) atoms. The van der Waals surface area contributed by atoms with Crippen LogP contribution in [0.25, 0.3) is 0 Å². The van der Waals surface area contributed by atoms with Gasteiger partial charge in [0, 0.05) is 59.3 Å². The van der Waals surface area contributed by atoms with Gasteiger partial charge in [-0.2, -0.15) is 5.10 Å². The van der Waals surface area contributed by atoms with Gasteiger partial charge < -0.3 is 5.32 Å². The zero-order chi connectivity index (χ0) is 20.4. The number of nitrogens with one attached hydrogen (secondary N) is 1. The Morgan fingerprint density at radius 2 is 2.03 bits per heavy atom. The number of hydrogen-bond donors (Lipinski definition) is 1. The third-order valence-electron chi connectivity index (χ3n) is 5.67. The summed E-state index contributed by atoms with van der Waals surface area (Å²) >= 11 is 1.64. The Morgan fingerprint density at radius 3 is 2.76 bits per heavy atom. The molecule has 0 spiro atoms. The maximum Gasteiger partial charge on any atom is 0.187 e. The van der Waals surface area contributed by atoms with Crippen molar-refractivity contribution in [3.05, 3.63) is 52.0 Å². The molecule has 1 N–H and O–H groups in total. The van der Waals surface area contributed by atoms with Crippen molar-refractivity contribution in [2.75, 3.05) is 18.4 Å². The van der Waals surface area contributed by atoms with E-state index in [9.17, 15) is 0 Å². The summed E-state index contributed by atoms with van der Waals surface area (Å²) in [5, 5.41) is 11.0. The number of piperidine rings is 1. The molecule has 6 nitrogen and oxygen atoms in total. The minimum Gasteiger partial charge on any atom is -0.331 e. The molecule has 1 saturated heterocycles. The molecule has 154 valence electrons. The van der Waals surface area contributed by atoms with Crippen molar-refractivity contribution in [3.8, 4) is 0 Å². The normalized spacial score (nSPS) is 17.6. The van der Waals surface area contributed by atoms with Gasteiger partial charge in [0.05, 0.1) is 11.9 Å². The highest BCUT2D eigenvalue weighted by molar-refractivity contribution is 7.13. The minimum absolute atomic E-state index is 0.462. The van der Waals surface area contributed by atoms with Gasteiger partial charge in [-0.15, -0.1) is 11.3 Å². The van der Waals surface area contributed by atoms with E-state index in [2.05, 4.69) is 63.3 Å².